The third-order valence-corrected chi connectivity index (χ3v) is 6.65. The maximum Gasteiger partial charge on any atom is 0.169 e. The molecule has 2 unspecified atom stereocenters. The first kappa shape index (κ1) is 18.2. The molecule has 2 aliphatic carbocycles. The van der Waals surface area contributed by atoms with Gasteiger partial charge >= 0.3 is 0 Å². The van der Waals surface area contributed by atoms with Gasteiger partial charge in [0.25, 0.3) is 0 Å². The number of ketones is 1. The monoisotopic (exact) mass is 360 g/mol. The van der Waals surface area contributed by atoms with Gasteiger partial charge in [0.1, 0.15) is 5.60 Å². The molecule has 1 saturated carbocycles. The number of hydrogen-bond acceptors (Lipinski definition) is 2. The summed E-state index contributed by atoms with van der Waals surface area (Å²) in [6.07, 6.45) is 4.40. The van der Waals surface area contributed by atoms with Crippen molar-refractivity contribution in [3.05, 3.63) is 77.4 Å². The first-order valence-electron chi connectivity index (χ1n) is 10.2. The van der Waals surface area contributed by atoms with Gasteiger partial charge in [0.2, 0.25) is 0 Å². The van der Waals surface area contributed by atoms with Crippen LogP contribution >= 0.6 is 0 Å². The molecule has 2 heteroatoms. The van der Waals surface area contributed by atoms with E-state index in [-0.39, 0.29) is 11.7 Å². The van der Waals surface area contributed by atoms with Crippen LogP contribution in [-0.4, -0.2) is 10.9 Å². The SMILES string of the molecule is CC1CCC(C2=C(c3ccccc3)C(=O)C(C)C2(O)c2ccccc2)CC1. The molecule has 2 aliphatic rings. The van der Waals surface area contributed by atoms with Gasteiger partial charge in [0, 0.05) is 5.57 Å². The zero-order chi connectivity index (χ0) is 19.0. The first-order chi connectivity index (χ1) is 13.0. The van der Waals surface area contributed by atoms with Crippen molar-refractivity contribution in [2.45, 2.75) is 45.1 Å². The lowest BCUT2D eigenvalue weighted by Crippen LogP contribution is -2.37. The molecule has 0 bridgehead atoms. The minimum atomic E-state index is -1.21. The van der Waals surface area contributed by atoms with Crippen LogP contribution in [0.3, 0.4) is 0 Å². The van der Waals surface area contributed by atoms with E-state index >= 15 is 0 Å². The smallest absolute Gasteiger partial charge is 0.169 e. The van der Waals surface area contributed by atoms with Crippen LogP contribution in [0, 0.1) is 17.8 Å². The molecule has 0 radical (unpaired) electrons. The fourth-order valence-corrected chi connectivity index (χ4v) is 5.03. The molecule has 27 heavy (non-hydrogen) atoms. The fraction of sp³-hybridized carbons (Fsp3) is 0.400. The van der Waals surface area contributed by atoms with Gasteiger partial charge in [-0.3, -0.25) is 4.79 Å². The molecule has 140 valence electrons. The topological polar surface area (TPSA) is 37.3 Å². The largest absolute Gasteiger partial charge is 0.380 e. The Hall–Kier alpha value is -2.19. The van der Waals surface area contributed by atoms with E-state index in [9.17, 15) is 9.90 Å². The molecular weight excluding hydrogens is 332 g/mol. The van der Waals surface area contributed by atoms with Crippen LogP contribution in [-0.2, 0) is 10.4 Å². The highest BCUT2D eigenvalue weighted by Gasteiger charge is 2.53. The number of Topliss-reactive ketones (excluding diaryl/α,β-unsaturated/α-hetero) is 1. The maximum atomic E-state index is 13.4. The van der Waals surface area contributed by atoms with Crippen LogP contribution in [0.4, 0.5) is 0 Å². The Morgan fingerprint density at radius 1 is 0.852 bits per heavy atom. The number of rotatable bonds is 3. The van der Waals surface area contributed by atoms with Crippen LogP contribution in [0.15, 0.2) is 66.2 Å². The van der Waals surface area contributed by atoms with Gasteiger partial charge in [-0.1, -0.05) is 87.4 Å². The molecule has 1 fully saturated rings. The molecule has 2 aromatic rings. The molecule has 2 atom stereocenters. The second kappa shape index (κ2) is 7.09. The van der Waals surface area contributed by atoms with E-state index in [0.717, 1.165) is 53.9 Å². The number of carbonyl (C=O) groups excluding carboxylic acids is 1. The Bertz CT molecular complexity index is 844. The Morgan fingerprint density at radius 2 is 1.41 bits per heavy atom. The molecule has 0 spiro atoms. The number of carbonyl (C=O) groups is 1. The summed E-state index contributed by atoms with van der Waals surface area (Å²) >= 11 is 0. The van der Waals surface area contributed by atoms with E-state index in [0.29, 0.717) is 0 Å². The van der Waals surface area contributed by atoms with Gasteiger partial charge in [-0.15, -0.1) is 0 Å². The van der Waals surface area contributed by atoms with Crippen molar-refractivity contribution in [1.29, 1.82) is 0 Å². The summed E-state index contributed by atoms with van der Waals surface area (Å²) in [7, 11) is 0. The molecule has 2 nitrogen and oxygen atoms in total. The molecule has 0 amide bonds. The molecular formula is C25H28O2. The number of aliphatic hydroxyl groups is 1. The third kappa shape index (κ3) is 2.96. The van der Waals surface area contributed by atoms with Gasteiger partial charge in [0.05, 0.1) is 5.92 Å². The van der Waals surface area contributed by atoms with Crippen molar-refractivity contribution in [1.82, 2.24) is 0 Å². The standard InChI is InChI=1S/C25H28O2/c1-17-13-15-20(16-14-17)23-22(19-9-5-3-6-10-19)24(26)18(2)25(23,27)21-11-7-4-8-12-21/h3-12,17-18,20,27H,13-16H2,1-2H3. The second-order valence-electron chi connectivity index (χ2n) is 8.33. The second-order valence-corrected chi connectivity index (χ2v) is 8.33. The van der Waals surface area contributed by atoms with Gasteiger partial charge in [-0.25, -0.2) is 0 Å². The van der Waals surface area contributed by atoms with E-state index in [1.165, 1.54) is 0 Å². The molecule has 2 aromatic carbocycles. The maximum absolute atomic E-state index is 13.4. The number of benzene rings is 2. The minimum absolute atomic E-state index is 0.0705. The van der Waals surface area contributed by atoms with Crippen molar-refractivity contribution in [2.24, 2.45) is 17.8 Å². The molecule has 4 rings (SSSR count). The first-order valence-corrected chi connectivity index (χ1v) is 10.2. The normalized spacial score (nSPS) is 31.4. The Balaban J connectivity index is 1.92. The highest BCUT2D eigenvalue weighted by molar-refractivity contribution is 6.26. The fourth-order valence-electron chi connectivity index (χ4n) is 5.03. The Morgan fingerprint density at radius 3 is 2.00 bits per heavy atom. The third-order valence-electron chi connectivity index (χ3n) is 6.65. The average Bonchev–Trinajstić information content (AvgIpc) is 2.92. The summed E-state index contributed by atoms with van der Waals surface area (Å²) in [6.45, 7) is 4.19. The molecule has 0 heterocycles. The Labute approximate surface area is 161 Å². The van der Waals surface area contributed by atoms with Crippen molar-refractivity contribution in [2.75, 3.05) is 0 Å². The van der Waals surface area contributed by atoms with E-state index in [1.807, 2.05) is 67.6 Å². The van der Waals surface area contributed by atoms with Gasteiger partial charge in [0.15, 0.2) is 5.78 Å². The highest BCUT2D eigenvalue weighted by Crippen LogP contribution is 2.54. The van der Waals surface area contributed by atoms with Crippen LogP contribution in [0.25, 0.3) is 5.57 Å². The lowest BCUT2D eigenvalue weighted by atomic mass is 9.70. The predicted molar refractivity (Wildman–Crippen MR) is 109 cm³/mol. The Kier molecular flexibility index (Phi) is 4.77. The summed E-state index contributed by atoms with van der Waals surface area (Å²) in [4.78, 5) is 13.4. The molecule has 1 N–H and O–H groups in total. The van der Waals surface area contributed by atoms with E-state index in [4.69, 9.17) is 0 Å². The van der Waals surface area contributed by atoms with Gasteiger partial charge in [-0.2, -0.15) is 0 Å². The zero-order valence-corrected chi connectivity index (χ0v) is 16.2. The number of allylic oxidation sites excluding steroid dienone is 1. The lowest BCUT2D eigenvalue weighted by Gasteiger charge is -2.37. The van der Waals surface area contributed by atoms with E-state index in [2.05, 4.69) is 6.92 Å². The van der Waals surface area contributed by atoms with Crippen LogP contribution in [0.2, 0.25) is 0 Å². The van der Waals surface area contributed by atoms with Crippen LogP contribution in [0.5, 0.6) is 0 Å². The van der Waals surface area contributed by atoms with Crippen molar-refractivity contribution in [3.8, 4) is 0 Å². The predicted octanol–water partition coefficient (Wildman–Crippen LogP) is 5.37. The van der Waals surface area contributed by atoms with Crippen molar-refractivity contribution < 1.29 is 9.90 Å². The molecule has 0 aliphatic heterocycles. The minimum Gasteiger partial charge on any atom is -0.380 e. The summed E-state index contributed by atoms with van der Waals surface area (Å²) in [5.74, 6) is 0.586. The van der Waals surface area contributed by atoms with Gasteiger partial charge in [-0.05, 0) is 41.4 Å². The van der Waals surface area contributed by atoms with E-state index < -0.39 is 11.5 Å². The molecule has 0 aromatic heterocycles. The van der Waals surface area contributed by atoms with Crippen LogP contribution in [0.1, 0.15) is 50.7 Å². The summed E-state index contributed by atoms with van der Waals surface area (Å²) < 4.78 is 0. The van der Waals surface area contributed by atoms with Crippen molar-refractivity contribution in [3.63, 3.8) is 0 Å². The van der Waals surface area contributed by atoms with E-state index in [1.54, 1.807) is 0 Å². The lowest BCUT2D eigenvalue weighted by molar-refractivity contribution is -0.121. The summed E-state index contributed by atoms with van der Waals surface area (Å²) in [6, 6.07) is 19.7. The highest BCUT2D eigenvalue weighted by atomic mass is 16.3. The van der Waals surface area contributed by atoms with Crippen LogP contribution < -0.4 is 0 Å². The molecule has 0 saturated heterocycles. The quantitative estimate of drug-likeness (QED) is 0.798. The summed E-state index contributed by atoms with van der Waals surface area (Å²) in [5, 5.41) is 12.0. The van der Waals surface area contributed by atoms with Crippen molar-refractivity contribution >= 4 is 11.4 Å². The average molecular weight is 360 g/mol. The zero-order valence-electron chi connectivity index (χ0n) is 16.2. The summed E-state index contributed by atoms with van der Waals surface area (Å²) in [5.41, 5.74) is 2.29. The number of hydrogen-bond donors (Lipinski definition) is 1. The van der Waals surface area contributed by atoms with Gasteiger partial charge < -0.3 is 5.11 Å².